The molecule has 0 spiro atoms. The van der Waals surface area contributed by atoms with E-state index in [0.717, 1.165) is 40.6 Å². The van der Waals surface area contributed by atoms with Crippen LogP contribution in [0.1, 0.15) is 41.0 Å². The fourth-order valence-electron chi connectivity index (χ4n) is 4.93. The minimum Gasteiger partial charge on any atom is -0.478 e. The molecule has 1 atom stereocenters. The molecular weight excluding hydrogens is 666 g/mol. The second kappa shape index (κ2) is 12.7. The van der Waals surface area contributed by atoms with Crippen LogP contribution in [0, 0.1) is 0 Å². The summed E-state index contributed by atoms with van der Waals surface area (Å²) in [7, 11) is -6.09. The lowest BCUT2D eigenvalue weighted by Crippen LogP contribution is -2.26. The Labute approximate surface area is 271 Å². The van der Waals surface area contributed by atoms with Gasteiger partial charge in [0.15, 0.2) is 5.75 Å². The summed E-state index contributed by atoms with van der Waals surface area (Å²) in [6.07, 6.45) is 2.57. The number of ether oxygens (including phenoxy) is 1. The van der Waals surface area contributed by atoms with E-state index in [1.807, 2.05) is 30.3 Å². The SMILES string of the molecule is CCC(c1ccc(-c2ccc(Oc3ccc(C(=O)O)c(S(=O)(=O)C(F)(F)F)c3N)cc2)cc1)c1nc(-c2ccc(Cl)cc2Cl)c[nH]1. The van der Waals surface area contributed by atoms with Crippen molar-refractivity contribution in [2.24, 2.45) is 0 Å². The van der Waals surface area contributed by atoms with Gasteiger partial charge in [-0.2, -0.15) is 13.2 Å². The maximum Gasteiger partial charge on any atom is 0.502 e. The lowest BCUT2D eigenvalue weighted by atomic mass is 9.93. The lowest BCUT2D eigenvalue weighted by Gasteiger charge is -2.16. The predicted octanol–water partition coefficient (Wildman–Crippen LogP) is 8.96. The van der Waals surface area contributed by atoms with Gasteiger partial charge in [-0.1, -0.05) is 66.5 Å². The Morgan fingerprint density at radius 1 is 1.00 bits per heavy atom. The number of benzene rings is 4. The average Bonchev–Trinajstić information content (AvgIpc) is 3.48. The molecule has 4 N–H and O–H groups in total. The molecule has 5 rings (SSSR count). The Bertz CT molecular complexity index is 2030. The second-order valence-corrected chi connectivity index (χ2v) is 12.8. The molecule has 14 heteroatoms. The van der Waals surface area contributed by atoms with E-state index in [2.05, 4.69) is 11.9 Å². The fourth-order valence-corrected chi connectivity index (χ4v) is 6.50. The molecule has 238 valence electrons. The summed E-state index contributed by atoms with van der Waals surface area (Å²) < 4.78 is 69.6. The number of nitrogen functional groups attached to an aromatic ring is 1. The summed E-state index contributed by atoms with van der Waals surface area (Å²) >= 11 is 12.4. The van der Waals surface area contributed by atoms with Gasteiger partial charge < -0.3 is 20.6 Å². The third-order valence-electron chi connectivity index (χ3n) is 7.23. The number of H-pyrrole nitrogens is 1. The largest absolute Gasteiger partial charge is 0.502 e. The van der Waals surface area contributed by atoms with Gasteiger partial charge in [0, 0.05) is 22.7 Å². The zero-order valence-electron chi connectivity index (χ0n) is 23.8. The van der Waals surface area contributed by atoms with Crippen molar-refractivity contribution in [1.29, 1.82) is 0 Å². The zero-order chi connectivity index (χ0) is 33.4. The first-order valence-electron chi connectivity index (χ1n) is 13.6. The molecule has 46 heavy (non-hydrogen) atoms. The smallest absolute Gasteiger partial charge is 0.478 e. The molecule has 5 aromatic rings. The van der Waals surface area contributed by atoms with Crippen molar-refractivity contribution in [3.8, 4) is 33.9 Å². The number of aromatic carboxylic acids is 1. The summed E-state index contributed by atoms with van der Waals surface area (Å²) in [5.74, 6) is -1.45. The molecular formula is C32H24Cl2F3N3O5S. The molecule has 0 fully saturated rings. The summed E-state index contributed by atoms with van der Waals surface area (Å²) in [6.45, 7) is 2.05. The van der Waals surface area contributed by atoms with Crippen LogP contribution in [0.5, 0.6) is 11.5 Å². The highest BCUT2D eigenvalue weighted by Gasteiger charge is 2.50. The molecule has 0 saturated carbocycles. The number of aromatic nitrogens is 2. The average molecular weight is 691 g/mol. The van der Waals surface area contributed by atoms with Gasteiger partial charge in [0.2, 0.25) is 0 Å². The Morgan fingerprint density at radius 3 is 2.20 bits per heavy atom. The highest BCUT2D eigenvalue weighted by molar-refractivity contribution is 7.92. The first-order valence-corrected chi connectivity index (χ1v) is 15.8. The van der Waals surface area contributed by atoms with Gasteiger partial charge in [-0.3, -0.25) is 0 Å². The van der Waals surface area contributed by atoms with Crippen LogP contribution in [0.2, 0.25) is 10.0 Å². The first kappa shape index (κ1) is 32.9. The van der Waals surface area contributed by atoms with Crippen molar-refractivity contribution in [1.82, 2.24) is 9.97 Å². The molecule has 0 bridgehead atoms. The van der Waals surface area contributed by atoms with E-state index >= 15 is 0 Å². The van der Waals surface area contributed by atoms with Gasteiger partial charge in [0.25, 0.3) is 9.84 Å². The highest BCUT2D eigenvalue weighted by atomic mass is 35.5. The summed E-state index contributed by atoms with van der Waals surface area (Å²) in [5, 5.41) is 10.3. The number of sulfone groups is 1. The molecule has 0 aliphatic rings. The number of imidazole rings is 1. The van der Waals surface area contributed by atoms with Crippen molar-refractivity contribution in [2.75, 3.05) is 5.73 Å². The van der Waals surface area contributed by atoms with Gasteiger partial charge in [-0.15, -0.1) is 0 Å². The Balaban J connectivity index is 1.35. The van der Waals surface area contributed by atoms with Crippen molar-refractivity contribution in [3.63, 3.8) is 0 Å². The number of rotatable bonds is 9. The van der Waals surface area contributed by atoms with Gasteiger partial charge in [-0.25, -0.2) is 18.2 Å². The van der Waals surface area contributed by atoms with Crippen LogP contribution >= 0.6 is 23.2 Å². The van der Waals surface area contributed by atoms with Crippen LogP contribution in [0.4, 0.5) is 18.9 Å². The lowest BCUT2D eigenvalue weighted by molar-refractivity contribution is -0.0435. The number of nitrogens with two attached hydrogens (primary N) is 1. The number of alkyl halides is 3. The third-order valence-corrected chi connectivity index (χ3v) is 9.37. The van der Waals surface area contributed by atoms with Crippen LogP contribution in [0.3, 0.4) is 0 Å². The van der Waals surface area contributed by atoms with Crippen LogP contribution in [0.15, 0.2) is 90.0 Å². The van der Waals surface area contributed by atoms with E-state index in [1.165, 1.54) is 12.1 Å². The second-order valence-electron chi connectivity index (χ2n) is 10.1. The number of anilines is 1. The molecule has 8 nitrogen and oxygen atoms in total. The molecule has 0 radical (unpaired) electrons. The van der Waals surface area contributed by atoms with Crippen molar-refractivity contribution < 1.29 is 36.2 Å². The minimum absolute atomic E-state index is 0.0197. The molecule has 4 aromatic carbocycles. The molecule has 0 saturated heterocycles. The standard InChI is InChI=1S/C32H24Cl2F3N3O5S/c1-2-22(30-39-16-26(40-30)23-12-9-20(33)15-25(23)34)19-5-3-17(4-6-19)18-7-10-21(11-8-18)45-27-14-13-24(31(41)42)29(28(27)38)46(43,44)32(35,36)37/h3-16,22H,2,38H2,1H3,(H,39,40)(H,41,42). The topological polar surface area (TPSA) is 135 Å². The van der Waals surface area contributed by atoms with Crippen molar-refractivity contribution in [3.05, 3.63) is 112 Å². The van der Waals surface area contributed by atoms with E-state index in [4.69, 9.17) is 38.7 Å². The van der Waals surface area contributed by atoms with Crippen LogP contribution in [-0.2, 0) is 9.84 Å². The van der Waals surface area contributed by atoms with E-state index in [1.54, 1.807) is 30.5 Å². The quantitative estimate of drug-likeness (QED) is 0.131. The molecule has 1 unspecified atom stereocenters. The van der Waals surface area contributed by atoms with Gasteiger partial charge in [0.1, 0.15) is 16.5 Å². The van der Waals surface area contributed by atoms with Crippen molar-refractivity contribution in [2.45, 2.75) is 29.7 Å². The third kappa shape index (κ3) is 6.41. The normalized spacial score (nSPS) is 12.6. The summed E-state index contributed by atoms with van der Waals surface area (Å²) in [5.41, 5.74) is 2.00. The van der Waals surface area contributed by atoms with Gasteiger partial charge >= 0.3 is 11.5 Å². The van der Waals surface area contributed by atoms with Crippen molar-refractivity contribution >= 4 is 44.7 Å². The highest BCUT2D eigenvalue weighted by Crippen LogP contribution is 2.41. The van der Waals surface area contributed by atoms with E-state index < -0.39 is 43.2 Å². The summed E-state index contributed by atoms with van der Waals surface area (Å²) in [4.78, 5) is 17.9. The number of carboxylic acids is 1. The molecule has 0 aliphatic heterocycles. The predicted molar refractivity (Wildman–Crippen MR) is 169 cm³/mol. The van der Waals surface area contributed by atoms with E-state index in [-0.39, 0.29) is 11.7 Å². The zero-order valence-corrected chi connectivity index (χ0v) is 26.1. The number of hydrogen-bond donors (Lipinski definition) is 3. The number of nitrogens with zero attached hydrogens (tertiary/aromatic N) is 1. The monoisotopic (exact) mass is 689 g/mol. The van der Waals surface area contributed by atoms with Crippen LogP contribution < -0.4 is 10.5 Å². The number of halogens is 5. The van der Waals surface area contributed by atoms with Gasteiger partial charge in [-0.05, 0) is 65.6 Å². The van der Waals surface area contributed by atoms with Crippen LogP contribution in [-0.4, -0.2) is 35.0 Å². The number of carboxylic acid groups (broad SMARTS) is 1. The molecule has 1 heterocycles. The minimum atomic E-state index is -6.09. The maximum absolute atomic E-state index is 13.3. The Kier molecular flexibility index (Phi) is 9.07. The number of aromatic amines is 1. The Hall–Kier alpha value is -4.52. The van der Waals surface area contributed by atoms with Crippen LogP contribution in [0.25, 0.3) is 22.4 Å². The first-order chi connectivity index (χ1) is 21.7. The number of carbonyl (C=O) groups is 1. The maximum atomic E-state index is 13.3. The fraction of sp³-hybridized carbons (Fsp3) is 0.125. The van der Waals surface area contributed by atoms with E-state index in [0.29, 0.717) is 21.8 Å². The Morgan fingerprint density at radius 2 is 1.63 bits per heavy atom. The number of nitrogens with one attached hydrogen (secondary N) is 1. The molecule has 0 amide bonds. The van der Waals surface area contributed by atoms with Gasteiger partial charge in [0.05, 0.1) is 22.0 Å². The molecule has 0 aliphatic carbocycles. The molecule has 1 aromatic heterocycles. The summed E-state index contributed by atoms with van der Waals surface area (Å²) in [6, 6.07) is 21.2. The number of hydrogen-bond acceptors (Lipinski definition) is 6. The van der Waals surface area contributed by atoms with E-state index in [9.17, 15) is 31.5 Å².